The minimum atomic E-state index is -4.52. The van der Waals surface area contributed by atoms with Crippen LogP contribution in [0.25, 0.3) is 0 Å². The Balaban J connectivity index is 1.43. The van der Waals surface area contributed by atoms with E-state index in [1.165, 1.54) is 24.3 Å². The van der Waals surface area contributed by atoms with Crippen molar-refractivity contribution >= 4 is 23.3 Å². The summed E-state index contributed by atoms with van der Waals surface area (Å²) in [6.45, 7) is -0.500. The first-order chi connectivity index (χ1) is 18.0. The van der Waals surface area contributed by atoms with Crippen molar-refractivity contribution in [3.05, 3.63) is 59.7 Å². The van der Waals surface area contributed by atoms with Crippen LogP contribution in [-0.4, -0.2) is 89.5 Å². The summed E-state index contributed by atoms with van der Waals surface area (Å²) in [7, 11) is 0. The topological polar surface area (TPSA) is 164 Å². The van der Waals surface area contributed by atoms with Crippen LogP contribution in [0.1, 0.15) is 15.9 Å². The molecule has 0 aliphatic carbocycles. The molecule has 5 atom stereocenters. The van der Waals surface area contributed by atoms with Gasteiger partial charge in [0.05, 0.1) is 36.6 Å². The molecule has 1 aliphatic rings. The van der Waals surface area contributed by atoms with Gasteiger partial charge in [-0.3, -0.25) is 0 Å². The molecule has 11 nitrogen and oxygen atoms in total. The maximum absolute atomic E-state index is 13.0. The Labute approximate surface area is 214 Å². The lowest BCUT2D eigenvalue weighted by atomic mass is 9.99. The van der Waals surface area contributed by atoms with Gasteiger partial charge >= 0.3 is 18.1 Å². The minimum Gasteiger partial charge on any atom is -0.479 e. The van der Waals surface area contributed by atoms with Gasteiger partial charge in [0.2, 0.25) is 0 Å². The summed E-state index contributed by atoms with van der Waals surface area (Å²) in [4.78, 5) is 23.6. The van der Waals surface area contributed by atoms with Crippen molar-refractivity contribution in [2.24, 2.45) is 0 Å². The number of aliphatic hydroxyl groups excluding tert-OH is 3. The predicted octanol–water partition coefficient (Wildman–Crippen LogP) is 1.53. The van der Waals surface area contributed by atoms with Crippen LogP contribution in [0.2, 0.25) is 0 Å². The SMILES string of the molecule is O=C(OCCOCCO[C@@H]1O[C@H](C(=O)O)[C@@H](O)[C@H](O)[C@H]1O)c1ccccc1Nc1cccc(C(F)(F)F)c1. The number of carbonyl (C=O) groups is 2. The number of aliphatic carboxylic acids is 1. The lowest BCUT2D eigenvalue weighted by Crippen LogP contribution is -2.60. The molecule has 5 N–H and O–H groups in total. The summed E-state index contributed by atoms with van der Waals surface area (Å²) in [5.41, 5.74) is -0.384. The van der Waals surface area contributed by atoms with Gasteiger partial charge < -0.3 is 44.7 Å². The molecule has 1 aliphatic heterocycles. The maximum Gasteiger partial charge on any atom is 0.416 e. The first-order valence-electron chi connectivity index (χ1n) is 11.3. The number of carboxylic acids is 1. The number of esters is 1. The average Bonchev–Trinajstić information content (AvgIpc) is 2.87. The number of nitrogens with one attached hydrogen (secondary N) is 1. The van der Waals surface area contributed by atoms with Gasteiger partial charge in [-0.1, -0.05) is 18.2 Å². The number of benzene rings is 2. The molecule has 0 spiro atoms. The number of para-hydroxylation sites is 1. The second kappa shape index (κ2) is 13.0. The number of alkyl halides is 3. The number of anilines is 2. The molecule has 38 heavy (non-hydrogen) atoms. The van der Waals surface area contributed by atoms with E-state index in [4.69, 9.17) is 24.1 Å². The number of hydrogen-bond donors (Lipinski definition) is 5. The largest absolute Gasteiger partial charge is 0.479 e. The van der Waals surface area contributed by atoms with E-state index in [1.807, 2.05) is 0 Å². The summed E-state index contributed by atoms with van der Waals surface area (Å²) in [5.74, 6) is -2.28. The second-order valence-electron chi connectivity index (χ2n) is 8.10. The number of rotatable bonds is 11. The molecule has 2 aromatic carbocycles. The molecular weight excluding hydrogens is 519 g/mol. The molecule has 1 heterocycles. The van der Waals surface area contributed by atoms with Crippen molar-refractivity contribution in [2.75, 3.05) is 31.7 Å². The fourth-order valence-corrected chi connectivity index (χ4v) is 3.48. The zero-order valence-electron chi connectivity index (χ0n) is 19.7. The smallest absolute Gasteiger partial charge is 0.416 e. The van der Waals surface area contributed by atoms with Crippen molar-refractivity contribution in [3.63, 3.8) is 0 Å². The van der Waals surface area contributed by atoms with Gasteiger partial charge in [-0.25, -0.2) is 9.59 Å². The maximum atomic E-state index is 13.0. The van der Waals surface area contributed by atoms with E-state index in [1.54, 1.807) is 12.1 Å². The van der Waals surface area contributed by atoms with E-state index in [0.717, 1.165) is 12.1 Å². The van der Waals surface area contributed by atoms with E-state index in [2.05, 4.69) is 5.32 Å². The molecule has 0 amide bonds. The monoisotopic (exact) mass is 545 g/mol. The van der Waals surface area contributed by atoms with Gasteiger partial charge in [-0.15, -0.1) is 0 Å². The highest BCUT2D eigenvalue weighted by molar-refractivity contribution is 5.96. The number of ether oxygens (including phenoxy) is 4. The van der Waals surface area contributed by atoms with Crippen molar-refractivity contribution in [3.8, 4) is 0 Å². The van der Waals surface area contributed by atoms with Crippen LogP contribution in [0.4, 0.5) is 24.5 Å². The van der Waals surface area contributed by atoms with E-state index >= 15 is 0 Å². The van der Waals surface area contributed by atoms with Gasteiger partial charge in [0, 0.05) is 5.69 Å². The zero-order valence-corrected chi connectivity index (χ0v) is 19.7. The lowest BCUT2D eigenvalue weighted by Gasteiger charge is -2.38. The van der Waals surface area contributed by atoms with Crippen LogP contribution < -0.4 is 5.32 Å². The third-order valence-corrected chi connectivity index (χ3v) is 5.40. The van der Waals surface area contributed by atoms with Gasteiger partial charge in [-0.05, 0) is 30.3 Å². The number of halogens is 3. The van der Waals surface area contributed by atoms with E-state index < -0.39 is 54.4 Å². The molecule has 0 saturated carbocycles. The highest BCUT2D eigenvalue weighted by Gasteiger charge is 2.47. The Hall–Kier alpha value is -3.27. The highest BCUT2D eigenvalue weighted by Crippen LogP contribution is 2.32. The Morgan fingerprint density at radius 1 is 0.921 bits per heavy atom. The molecule has 14 heteroatoms. The number of carbonyl (C=O) groups excluding carboxylic acids is 1. The molecule has 0 unspecified atom stereocenters. The molecule has 0 radical (unpaired) electrons. The average molecular weight is 545 g/mol. The summed E-state index contributed by atoms with van der Waals surface area (Å²) >= 11 is 0. The molecule has 0 bridgehead atoms. The normalized spacial score (nSPS) is 23.6. The Morgan fingerprint density at radius 3 is 2.34 bits per heavy atom. The van der Waals surface area contributed by atoms with Crippen LogP contribution in [0.15, 0.2) is 48.5 Å². The van der Waals surface area contributed by atoms with Gasteiger partial charge in [0.15, 0.2) is 12.4 Å². The predicted molar refractivity (Wildman–Crippen MR) is 123 cm³/mol. The molecule has 208 valence electrons. The van der Waals surface area contributed by atoms with Gasteiger partial charge in [0.25, 0.3) is 0 Å². The minimum absolute atomic E-state index is 0.0640. The first-order valence-corrected chi connectivity index (χ1v) is 11.3. The fourth-order valence-electron chi connectivity index (χ4n) is 3.48. The molecule has 2 aromatic rings. The highest BCUT2D eigenvalue weighted by atomic mass is 19.4. The van der Waals surface area contributed by atoms with E-state index in [-0.39, 0.29) is 43.4 Å². The fraction of sp³-hybridized carbons (Fsp3) is 0.417. The number of aliphatic hydroxyl groups is 3. The summed E-state index contributed by atoms with van der Waals surface area (Å²) in [5, 5.41) is 41.1. The van der Waals surface area contributed by atoms with Crippen LogP contribution in [0.5, 0.6) is 0 Å². The molecular formula is C24H26F3NO10. The van der Waals surface area contributed by atoms with Crippen molar-refractivity contribution in [1.29, 1.82) is 0 Å². The van der Waals surface area contributed by atoms with E-state index in [9.17, 15) is 38.1 Å². The number of carboxylic acid groups (broad SMARTS) is 1. The third-order valence-electron chi connectivity index (χ3n) is 5.40. The van der Waals surface area contributed by atoms with Crippen LogP contribution in [0, 0.1) is 0 Å². The standard InChI is InChI=1S/C24H26F3NO10/c25-24(26,27)13-4-3-5-14(12-13)28-16-7-2-1-6-15(16)22(34)36-10-8-35-9-11-37-23-19(31)17(29)18(30)20(38-23)21(32)33/h1-7,12,17-20,23,28-31H,8-11H2,(H,32,33)/t17-,18-,19+,20-,23+/m0/s1. The Morgan fingerprint density at radius 2 is 1.63 bits per heavy atom. The van der Waals surface area contributed by atoms with Crippen LogP contribution in [0.3, 0.4) is 0 Å². The summed E-state index contributed by atoms with van der Waals surface area (Å²) in [6.07, 6.45) is -13.1. The zero-order chi connectivity index (χ0) is 27.9. The van der Waals surface area contributed by atoms with Crippen molar-refractivity contribution < 1.29 is 62.1 Å². The molecule has 0 aromatic heterocycles. The summed E-state index contributed by atoms with van der Waals surface area (Å²) in [6, 6.07) is 10.6. The first kappa shape index (κ1) is 29.3. The lowest BCUT2D eigenvalue weighted by molar-refractivity contribution is -0.295. The summed E-state index contributed by atoms with van der Waals surface area (Å²) < 4.78 is 59.4. The molecule has 1 fully saturated rings. The Kier molecular flexibility index (Phi) is 10.0. The quantitative estimate of drug-likeness (QED) is 0.205. The van der Waals surface area contributed by atoms with Crippen molar-refractivity contribution in [2.45, 2.75) is 36.9 Å². The Bertz CT molecular complexity index is 1100. The molecule has 3 rings (SSSR count). The number of hydrogen-bond acceptors (Lipinski definition) is 10. The molecule has 1 saturated heterocycles. The van der Waals surface area contributed by atoms with Crippen LogP contribution >= 0.6 is 0 Å². The van der Waals surface area contributed by atoms with Crippen LogP contribution in [-0.2, 0) is 29.9 Å². The van der Waals surface area contributed by atoms with Crippen molar-refractivity contribution in [1.82, 2.24) is 0 Å². The van der Waals surface area contributed by atoms with Gasteiger partial charge in [0.1, 0.15) is 24.9 Å². The van der Waals surface area contributed by atoms with Gasteiger partial charge in [-0.2, -0.15) is 13.2 Å². The third kappa shape index (κ3) is 7.63. The second-order valence-corrected chi connectivity index (χ2v) is 8.10. The van der Waals surface area contributed by atoms with E-state index in [0.29, 0.717) is 0 Å².